The van der Waals surface area contributed by atoms with E-state index < -0.39 is 0 Å². The van der Waals surface area contributed by atoms with E-state index in [1.165, 1.54) is 0 Å². The van der Waals surface area contributed by atoms with Crippen LogP contribution in [-0.4, -0.2) is 69.5 Å². The quantitative estimate of drug-likeness (QED) is 0.458. The summed E-state index contributed by atoms with van der Waals surface area (Å²) in [6.45, 7) is 4.16. The molecule has 0 unspecified atom stereocenters. The SMILES string of the molecule is CCCOC(=O)N1CCN(C(=O)c2ccc3c(Cl)cc(-c4ccnc5[nH]ccc45)nc3c2)CC1. The Morgan fingerprint density at radius 3 is 2.65 bits per heavy atom. The number of piperazine rings is 1. The molecule has 174 valence electrons. The van der Waals surface area contributed by atoms with Gasteiger partial charge in [-0.3, -0.25) is 4.79 Å². The topological polar surface area (TPSA) is 91.4 Å². The molecule has 0 saturated carbocycles. The van der Waals surface area contributed by atoms with E-state index in [4.69, 9.17) is 21.3 Å². The largest absolute Gasteiger partial charge is 0.449 e. The number of carbonyl (C=O) groups excluding carboxylic acids is 2. The van der Waals surface area contributed by atoms with Crippen LogP contribution in [0.5, 0.6) is 0 Å². The lowest BCUT2D eigenvalue weighted by molar-refractivity contribution is 0.0560. The number of rotatable bonds is 4. The van der Waals surface area contributed by atoms with E-state index in [1.54, 1.807) is 28.1 Å². The molecule has 9 heteroatoms. The molecule has 0 spiro atoms. The molecule has 0 bridgehead atoms. The smallest absolute Gasteiger partial charge is 0.409 e. The molecule has 1 N–H and O–H groups in total. The highest BCUT2D eigenvalue weighted by Crippen LogP contribution is 2.32. The summed E-state index contributed by atoms with van der Waals surface area (Å²) in [7, 11) is 0. The van der Waals surface area contributed by atoms with Crippen LogP contribution in [0, 0.1) is 0 Å². The minimum Gasteiger partial charge on any atom is -0.449 e. The summed E-state index contributed by atoms with van der Waals surface area (Å²) in [4.78, 5) is 40.9. The van der Waals surface area contributed by atoms with E-state index in [0.717, 1.165) is 28.4 Å². The molecule has 1 aliphatic rings. The van der Waals surface area contributed by atoms with Crippen LogP contribution in [0.1, 0.15) is 23.7 Å². The highest BCUT2D eigenvalue weighted by molar-refractivity contribution is 6.35. The van der Waals surface area contributed by atoms with Crippen molar-refractivity contribution in [1.29, 1.82) is 0 Å². The summed E-state index contributed by atoms with van der Waals surface area (Å²) in [5, 5.41) is 2.30. The van der Waals surface area contributed by atoms with Crippen molar-refractivity contribution in [3.8, 4) is 11.3 Å². The van der Waals surface area contributed by atoms with Crippen molar-refractivity contribution in [2.24, 2.45) is 0 Å². The zero-order valence-corrected chi connectivity index (χ0v) is 19.5. The first-order valence-corrected chi connectivity index (χ1v) is 11.7. The molecule has 34 heavy (non-hydrogen) atoms. The van der Waals surface area contributed by atoms with Crippen molar-refractivity contribution in [3.05, 3.63) is 59.4 Å². The molecule has 2 amide bonds. The summed E-state index contributed by atoms with van der Waals surface area (Å²) in [5.41, 5.74) is 3.59. The average molecular weight is 478 g/mol. The second kappa shape index (κ2) is 9.30. The van der Waals surface area contributed by atoms with Gasteiger partial charge in [0.05, 0.1) is 22.8 Å². The number of H-pyrrole nitrogens is 1. The molecule has 1 aliphatic heterocycles. The van der Waals surface area contributed by atoms with Gasteiger partial charge in [-0.05, 0) is 36.8 Å². The number of nitrogens with zero attached hydrogens (tertiary/aromatic N) is 4. The average Bonchev–Trinajstić information content (AvgIpc) is 3.35. The summed E-state index contributed by atoms with van der Waals surface area (Å²) >= 11 is 6.59. The lowest BCUT2D eigenvalue weighted by Crippen LogP contribution is -2.50. The summed E-state index contributed by atoms with van der Waals surface area (Å²) in [5.74, 6) is -0.0938. The Labute approximate surface area is 201 Å². The standard InChI is InChI=1S/C25H24ClN5O3/c1-2-13-34-25(33)31-11-9-30(10-12-31)24(32)16-3-4-19-20(26)15-22(29-21(19)14-16)17-5-7-27-23-18(17)6-8-28-23/h3-8,14-15H,2,9-13H2,1H3,(H,27,28). The van der Waals surface area contributed by atoms with Crippen molar-refractivity contribution in [2.45, 2.75) is 13.3 Å². The first kappa shape index (κ1) is 22.2. The summed E-state index contributed by atoms with van der Waals surface area (Å²) in [6.07, 6.45) is 4.03. The predicted octanol–water partition coefficient (Wildman–Crippen LogP) is 4.74. The molecule has 4 aromatic rings. The van der Waals surface area contributed by atoms with Crippen molar-refractivity contribution in [1.82, 2.24) is 24.8 Å². The number of halogens is 1. The van der Waals surface area contributed by atoms with E-state index in [2.05, 4.69) is 9.97 Å². The maximum atomic E-state index is 13.2. The fourth-order valence-electron chi connectivity index (χ4n) is 4.20. The molecule has 0 atom stereocenters. The maximum absolute atomic E-state index is 13.2. The van der Waals surface area contributed by atoms with Gasteiger partial charge in [0.15, 0.2) is 0 Å². The maximum Gasteiger partial charge on any atom is 0.409 e. The third kappa shape index (κ3) is 4.17. The van der Waals surface area contributed by atoms with E-state index in [-0.39, 0.29) is 12.0 Å². The third-order valence-corrected chi connectivity index (χ3v) is 6.31. The zero-order valence-electron chi connectivity index (χ0n) is 18.8. The number of hydrogen-bond acceptors (Lipinski definition) is 5. The van der Waals surface area contributed by atoms with E-state index in [1.807, 2.05) is 37.4 Å². The number of nitrogens with one attached hydrogen (secondary N) is 1. The minimum atomic E-state index is -0.321. The molecule has 0 aliphatic carbocycles. The van der Waals surface area contributed by atoms with Crippen LogP contribution in [0.2, 0.25) is 5.02 Å². The predicted molar refractivity (Wildman–Crippen MR) is 131 cm³/mol. The number of ether oxygens (including phenoxy) is 1. The number of benzene rings is 1. The first-order chi connectivity index (χ1) is 16.5. The van der Waals surface area contributed by atoms with Crippen LogP contribution in [0.3, 0.4) is 0 Å². The van der Waals surface area contributed by atoms with Gasteiger partial charge in [-0.2, -0.15) is 0 Å². The van der Waals surface area contributed by atoms with Gasteiger partial charge < -0.3 is 19.5 Å². The van der Waals surface area contributed by atoms with Crippen molar-refractivity contribution in [3.63, 3.8) is 0 Å². The van der Waals surface area contributed by atoms with Crippen LogP contribution < -0.4 is 0 Å². The highest BCUT2D eigenvalue weighted by Gasteiger charge is 2.26. The fourth-order valence-corrected chi connectivity index (χ4v) is 4.46. The summed E-state index contributed by atoms with van der Waals surface area (Å²) in [6, 6.07) is 11.1. The minimum absolute atomic E-state index is 0.0938. The Bertz CT molecular complexity index is 1380. The monoisotopic (exact) mass is 477 g/mol. The Balaban J connectivity index is 1.39. The molecule has 3 aromatic heterocycles. The normalized spacial score (nSPS) is 14.1. The second-order valence-electron chi connectivity index (χ2n) is 8.21. The van der Waals surface area contributed by atoms with Crippen LogP contribution in [0.15, 0.2) is 48.8 Å². The van der Waals surface area contributed by atoms with Crippen molar-refractivity contribution >= 4 is 45.5 Å². The van der Waals surface area contributed by atoms with Gasteiger partial charge in [-0.25, -0.2) is 14.8 Å². The third-order valence-electron chi connectivity index (χ3n) is 6.00. The van der Waals surface area contributed by atoms with E-state index in [9.17, 15) is 9.59 Å². The van der Waals surface area contributed by atoms with Gasteiger partial charge in [-0.1, -0.05) is 24.6 Å². The Kier molecular flexibility index (Phi) is 6.06. The molecule has 5 rings (SSSR count). The van der Waals surface area contributed by atoms with E-state index >= 15 is 0 Å². The van der Waals surface area contributed by atoms with E-state index in [0.29, 0.717) is 54.6 Å². The number of fused-ring (bicyclic) bond motifs is 2. The Hall–Kier alpha value is -3.65. The fraction of sp³-hybridized carbons (Fsp3) is 0.280. The highest BCUT2D eigenvalue weighted by atomic mass is 35.5. The van der Waals surface area contributed by atoms with Crippen LogP contribution in [0.25, 0.3) is 33.2 Å². The number of aromatic amines is 1. The molecule has 8 nitrogen and oxygen atoms in total. The van der Waals surface area contributed by atoms with Crippen LogP contribution in [-0.2, 0) is 4.74 Å². The molecule has 4 heterocycles. The van der Waals surface area contributed by atoms with Gasteiger partial charge in [0.1, 0.15) is 5.65 Å². The first-order valence-electron chi connectivity index (χ1n) is 11.3. The van der Waals surface area contributed by atoms with Crippen LogP contribution >= 0.6 is 11.6 Å². The molecular formula is C25H24ClN5O3. The van der Waals surface area contributed by atoms with Crippen molar-refractivity contribution < 1.29 is 14.3 Å². The molecule has 0 radical (unpaired) electrons. The van der Waals surface area contributed by atoms with Crippen molar-refractivity contribution in [2.75, 3.05) is 32.8 Å². The number of carbonyl (C=O) groups is 2. The molecule has 1 fully saturated rings. The van der Waals surface area contributed by atoms with Gasteiger partial charge in [0, 0.05) is 60.5 Å². The summed E-state index contributed by atoms with van der Waals surface area (Å²) < 4.78 is 5.20. The van der Waals surface area contributed by atoms with Crippen LogP contribution in [0.4, 0.5) is 4.79 Å². The molecule has 1 aromatic carbocycles. The van der Waals surface area contributed by atoms with Gasteiger partial charge in [0.2, 0.25) is 0 Å². The molecule has 1 saturated heterocycles. The lowest BCUT2D eigenvalue weighted by Gasteiger charge is -2.34. The Morgan fingerprint density at radius 1 is 1.06 bits per heavy atom. The van der Waals surface area contributed by atoms with Gasteiger partial charge in [-0.15, -0.1) is 0 Å². The van der Waals surface area contributed by atoms with Gasteiger partial charge in [0.25, 0.3) is 5.91 Å². The number of aromatic nitrogens is 3. The lowest BCUT2D eigenvalue weighted by atomic mass is 10.1. The second-order valence-corrected chi connectivity index (χ2v) is 8.62. The van der Waals surface area contributed by atoms with Gasteiger partial charge >= 0.3 is 6.09 Å². The number of pyridine rings is 2. The zero-order chi connectivity index (χ0) is 23.7. The Morgan fingerprint density at radius 2 is 1.85 bits per heavy atom. The molecular weight excluding hydrogens is 454 g/mol. The number of amides is 2. The number of hydrogen-bond donors (Lipinski definition) is 1.